The Morgan fingerprint density at radius 1 is 1.25 bits per heavy atom. The smallest absolute Gasteiger partial charge is 0.345 e. The number of amides is 1. The molecule has 1 aliphatic heterocycles. The monoisotopic (exact) mass is 386 g/mol. The molecule has 1 aliphatic rings. The number of benzene rings is 2. The fourth-order valence-corrected chi connectivity index (χ4v) is 2.82. The van der Waals surface area contributed by atoms with Crippen LogP contribution in [0.5, 0.6) is 11.5 Å². The number of nitrogens with one attached hydrogen (secondary N) is 1. The van der Waals surface area contributed by atoms with Crippen LogP contribution in [-0.4, -0.2) is 30.2 Å². The lowest BCUT2D eigenvalue weighted by Gasteiger charge is -2.15. The van der Waals surface area contributed by atoms with E-state index in [9.17, 15) is 19.7 Å². The number of ether oxygens (including phenoxy) is 3. The number of nitro groups is 1. The SMILES string of the molecule is Cc1cccc(C(=O)OCC(=O)N[C@@H](C)c2ccc3c(c2)OCO3)c1[N+](=O)[O-]. The summed E-state index contributed by atoms with van der Waals surface area (Å²) in [5.74, 6) is -0.233. The van der Waals surface area contributed by atoms with Crippen LogP contribution in [0.15, 0.2) is 36.4 Å². The molecule has 0 spiro atoms. The molecular formula is C19H18N2O7. The van der Waals surface area contributed by atoms with Crippen molar-refractivity contribution in [3.63, 3.8) is 0 Å². The number of nitro benzene ring substituents is 1. The van der Waals surface area contributed by atoms with E-state index >= 15 is 0 Å². The van der Waals surface area contributed by atoms with Crippen molar-refractivity contribution >= 4 is 17.6 Å². The Kier molecular flexibility index (Phi) is 5.44. The summed E-state index contributed by atoms with van der Waals surface area (Å²) in [4.78, 5) is 34.8. The Morgan fingerprint density at radius 2 is 2.00 bits per heavy atom. The lowest BCUT2D eigenvalue weighted by atomic mass is 10.1. The van der Waals surface area contributed by atoms with E-state index in [4.69, 9.17) is 14.2 Å². The molecule has 0 aliphatic carbocycles. The molecule has 0 unspecified atom stereocenters. The van der Waals surface area contributed by atoms with Gasteiger partial charge in [-0.05, 0) is 37.6 Å². The Labute approximate surface area is 160 Å². The molecule has 0 radical (unpaired) electrons. The second kappa shape index (κ2) is 7.95. The van der Waals surface area contributed by atoms with E-state index in [-0.39, 0.29) is 24.1 Å². The number of carbonyl (C=O) groups is 2. The second-order valence-corrected chi connectivity index (χ2v) is 6.21. The number of esters is 1. The van der Waals surface area contributed by atoms with Gasteiger partial charge in [0.15, 0.2) is 18.1 Å². The van der Waals surface area contributed by atoms with E-state index in [1.165, 1.54) is 25.1 Å². The van der Waals surface area contributed by atoms with Gasteiger partial charge in [0.25, 0.3) is 11.6 Å². The summed E-state index contributed by atoms with van der Waals surface area (Å²) in [5.41, 5.74) is 0.599. The van der Waals surface area contributed by atoms with Gasteiger partial charge in [0.2, 0.25) is 6.79 Å². The van der Waals surface area contributed by atoms with E-state index in [1.54, 1.807) is 25.1 Å². The highest BCUT2D eigenvalue weighted by atomic mass is 16.7. The van der Waals surface area contributed by atoms with Crippen LogP contribution in [0.3, 0.4) is 0 Å². The predicted molar refractivity (Wildman–Crippen MR) is 97.2 cm³/mol. The quantitative estimate of drug-likeness (QED) is 0.461. The normalized spacial score (nSPS) is 12.9. The summed E-state index contributed by atoms with van der Waals surface area (Å²) in [6, 6.07) is 9.26. The third-order valence-corrected chi connectivity index (χ3v) is 4.25. The van der Waals surface area contributed by atoms with Gasteiger partial charge >= 0.3 is 5.97 Å². The maximum absolute atomic E-state index is 12.2. The highest BCUT2D eigenvalue weighted by Gasteiger charge is 2.24. The van der Waals surface area contributed by atoms with E-state index < -0.39 is 23.4 Å². The molecule has 3 rings (SSSR count). The summed E-state index contributed by atoms with van der Waals surface area (Å²) in [6.07, 6.45) is 0. The summed E-state index contributed by atoms with van der Waals surface area (Å²) in [7, 11) is 0. The van der Waals surface area contributed by atoms with Crippen LogP contribution >= 0.6 is 0 Å². The number of para-hydroxylation sites is 1. The van der Waals surface area contributed by atoms with Crippen LogP contribution < -0.4 is 14.8 Å². The van der Waals surface area contributed by atoms with Crippen LogP contribution in [-0.2, 0) is 9.53 Å². The predicted octanol–water partition coefficient (Wildman–Crippen LogP) is 2.67. The molecule has 9 nitrogen and oxygen atoms in total. The molecule has 146 valence electrons. The van der Waals surface area contributed by atoms with E-state index in [1.807, 2.05) is 0 Å². The Hall–Kier alpha value is -3.62. The minimum Gasteiger partial charge on any atom is -0.454 e. The van der Waals surface area contributed by atoms with Crippen molar-refractivity contribution in [3.8, 4) is 11.5 Å². The number of hydrogen-bond donors (Lipinski definition) is 1. The van der Waals surface area contributed by atoms with Gasteiger partial charge in [-0.15, -0.1) is 0 Å². The molecule has 0 saturated heterocycles. The van der Waals surface area contributed by atoms with Crippen molar-refractivity contribution in [2.75, 3.05) is 13.4 Å². The molecule has 2 aromatic rings. The molecular weight excluding hydrogens is 368 g/mol. The van der Waals surface area contributed by atoms with Gasteiger partial charge in [-0.2, -0.15) is 0 Å². The third-order valence-electron chi connectivity index (χ3n) is 4.25. The van der Waals surface area contributed by atoms with Crippen molar-refractivity contribution in [2.45, 2.75) is 19.9 Å². The maximum Gasteiger partial charge on any atom is 0.345 e. The fraction of sp³-hybridized carbons (Fsp3) is 0.263. The topological polar surface area (TPSA) is 117 Å². The Morgan fingerprint density at radius 3 is 2.75 bits per heavy atom. The van der Waals surface area contributed by atoms with Crippen LogP contribution in [0.2, 0.25) is 0 Å². The van der Waals surface area contributed by atoms with Crippen molar-refractivity contribution in [1.29, 1.82) is 0 Å². The van der Waals surface area contributed by atoms with E-state index in [0.29, 0.717) is 17.1 Å². The Balaban J connectivity index is 1.59. The maximum atomic E-state index is 12.2. The number of carbonyl (C=O) groups excluding carboxylic acids is 2. The van der Waals surface area contributed by atoms with Crippen molar-refractivity contribution in [3.05, 3.63) is 63.2 Å². The third kappa shape index (κ3) is 4.03. The van der Waals surface area contributed by atoms with Gasteiger partial charge in [-0.3, -0.25) is 14.9 Å². The first kappa shape index (κ1) is 19.2. The fourth-order valence-electron chi connectivity index (χ4n) is 2.82. The first-order valence-electron chi connectivity index (χ1n) is 8.47. The largest absolute Gasteiger partial charge is 0.454 e. The molecule has 1 heterocycles. The molecule has 1 N–H and O–H groups in total. The minimum absolute atomic E-state index is 0.153. The average Bonchev–Trinajstić information content (AvgIpc) is 3.13. The van der Waals surface area contributed by atoms with E-state index in [2.05, 4.69) is 5.32 Å². The highest BCUT2D eigenvalue weighted by Crippen LogP contribution is 2.34. The molecule has 0 bridgehead atoms. The number of hydrogen-bond acceptors (Lipinski definition) is 7. The highest BCUT2D eigenvalue weighted by molar-refractivity contribution is 5.95. The van der Waals surface area contributed by atoms with Gasteiger partial charge in [-0.1, -0.05) is 18.2 Å². The zero-order valence-corrected chi connectivity index (χ0v) is 15.3. The molecule has 1 atom stereocenters. The Bertz CT molecular complexity index is 942. The zero-order valence-electron chi connectivity index (χ0n) is 15.3. The standard InChI is InChI=1S/C19H18N2O7/c1-11-4-3-5-14(18(11)21(24)25)19(23)26-9-17(22)20-12(2)13-6-7-15-16(8-13)28-10-27-15/h3-8,12H,9-10H2,1-2H3,(H,20,22)/t12-/m0/s1. The summed E-state index contributed by atoms with van der Waals surface area (Å²) >= 11 is 0. The molecule has 9 heteroatoms. The molecule has 28 heavy (non-hydrogen) atoms. The molecule has 2 aromatic carbocycles. The number of nitrogens with zero attached hydrogens (tertiary/aromatic N) is 1. The number of rotatable bonds is 6. The molecule has 0 aromatic heterocycles. The summed E-state index contributed by atoms with van der Waals surface area (Å²) in [6.45, 7) is 2.89. The average molecular weight is 386 g/mol. The van der Waals surface area contributed by atoms with Crippen LogP contribution in [0, 0.1) is 17.0 Å². The van der Waals surface area contributed by atoms with Gasteiger partial charge in [-0.25, -0.2) is 4.79 Å². The molecule has 1 amide bonds. The zero-order chi connectivity index (χ0) is 20.3. The van der Waals surface area contributed by atoms with Crippen molar-refractivity contribution in [1.82, 2.24) is 5.32 Å². The summed E-state index contributed by atoms with van der Waals surface area (Å²) < 4.78 is 15.5. The lowest BCUT2D eigenvalue weighted by molar-refractivity contribution is -0.385. The first-order chi connectivity index (χ1) is 13.4. The lowest BCUT2D eigenvalue weighted by Crippen LogP contribution is -2.31. The molecule has 0 fully saturated rings. The van der Waals surface area contributed by atoms with Gasteiger partial charge in [0.1, 0.15) is 5.56 Å². The van der Waals surface area contributed by atoms with Crippen molar-refractivity contribution in [2.24, 2.45) is 0 Å². The first-order valence-corrected chi connectivity index (χ1v) is 8.47. The summed E-state index contributed by atoms with van der Waals surface area (Å²) in [5, 5.41) is 13.9. The van der Waals surface area contributed by atoms with Gasteiger partial charge < -0.3 is 19.5 Å². The molecule has 0 saturated carbocycles. The van der Waals surface area contributed by atoms with Crippen LogP contribution in [0.25, 0.3) is 0 Å². The van der Waals surface area contributed by atoms with Crippen LogP contribution in [0.4, 0.5) is 5.69 Å². The van der Waals surface area contributed by atoms with Gasteiger partial charge in [0.05, 0.1) is 11.0 Å². The van der Waals surface area contributed by atoms with E-state index in [0.717, 1.165) is 5.56 Å². The van der Waals surface area contributed by atoms with Crippen LogP contribution in [0.1, 0.15) is 34.5 Å². The van der Waals surface area contributed by atoms with Gasteiger partial charge in [0, 0.05) is 5.56 Å². The van der Waals surface area contributed by atoms with Crippen molar-refractivity contribution < 1.29 is 28.7 Å². The second-order valence-electron chi connectivity index (χ2n) is 6.21. The number of fused-ring (bicyclic) bond motifs is 1. The number of aryl methyl sites for hydroxylation is 1. The minimum atomic E-state index is -0.929.